The first-order chi connectivity index (χ1) is 8.45. The molecule has 0 saturated heterocycles. The van der Waals surface area contributed by atoms with Gasteiger partial charge in [-0.3, -0.25) is 9.59 Å². The van der Waals surface area contributed by atoms with Crippen LogP contribution >= 0.6 is 15.9 Å². The van der Waals surface area contributed by atoms with Crippen molar-refractivity contribution in [1.82, 2.24) is 10.2 Å². The van der Waals surface area contributed by atoms with Crippen molar-refractivity contribution < 1.29 is 14.7 Å². The smallest absolute Gasteiger partial charge is 0.254 e. The van der Waals surface area contributed by atoms with Crippen molar-refractivity contribution >= 4 is 27.7 Å². The molecule has 2 amide bonds. The molecule has 0 bridgehead atoms. The molecule has 0 aromatic heterocycles. The maximum atomic E-state index is 12.0. The summed E-state index contributed by atoms with van der Waals surface area (Å²) in [6, 6.07) is 4.53. The lowest BCUT2D eigenvalue weighted by Gasteiger charge is -2.16. The minimum absolute atomic E-state index is 0.00717. The standard InChI is InChI=1S/C12H15BrN2O3/c1-3-14-11(17)7-15(2)12(18)8-4-5-9(13)10(16)6-8/h4-6,16H,3,7H2,1-2H3,(H,14,17). The van der Waals surface area contributed by atoms with E-state index in [1.165, 1.54) is 18.0 Å². The molecule has 0 fully saturated rings. The number of amides is 2. The molecule has 1 rings (SSSR count). The zero-order valence-corrected chi connectivity index (χ0v) is 11.8. The van der Waals surface area contributed by atoms with Gasteiger partial charge in [0.2, 0.25) is 5.91 Å². The van der Waals surface area contributed by atoms with E-state index >= 15 is 0 Å². The van der Waals surface area contributed by atoms with Crippen LogP contribution in [0.25, 0.3) is 0 Å². The molecule has 0 aliphatic carbocycles. The molecule has 5 nitrogen and oxygen atoms in total. The van der Waals surface area contributed by atoms with Gasteiger partial charge in [-0.1, -0.05) is 0 Å². The van der Waals surface area contributed by atoms with Crippen molar-refractivity contribution in [3.05, 3.63) is 28.2 Å². The highest BCUT2D eigenvalue weighted by Crippen LogP contribution is 2.24. The fourth-order valence-electron chi connectivity index (χ4n) is 1.41. The molecule has 2 N–H and O–H groups in total. The van der Waals surface area contributed by atoms with E-state index in [4.69, 9.17) is 0 Å². The topological polar surface area (TPSA) is 69.6 Å². The van der Waals surface area contributed by atoms with Crippen LogP contribution in [-0.4, -0.2) is 42.0 Å². The number of phenols is 1. The number of nitrogens with zero attached hydrogens (tertiary/aromatic N) is 1. The van der Waals surface area contributed by atoms with E-state index < -0.39 is 0 Å². The van der Waals surface area contributed by atoms with Crippen molar-refractivity contribution in [1.29, 1.82) is 0 Å². The monoisotopic (exact) mass is 314 g/mol. The van der Waals surface area contributed by atoms with Gasteiger partial charge in [-0.05, 0) is 41.1 Å². The summed E-state index contributed by atoms with van der Waals surface area (Å²) < 4.78 is 0.519. The number of hydrogen-bond acceptors (Lipinski definition) is 3. The predicted molar refractivity (Wildman–Crippen MR) is 71.5 cm³/mol. The third-order valence-electron chi connectivity index (χ3n) is 2.29. The van der Waals surface area contributed by atoms with Gasteiger partial charge in [0.25, 0.3) is 5.91 Å². The molecule has 1 aromatic rings. The fourth-order valence-corrected chi connectivity index (χ4v) is 1.65. The highest BCUT2D eigenvalue weighted by Gasteiger charge is 2.15. The second-order valence-electron chi connectivity index (χ2n) is 3.78. The Balaban J connectivity index is 2.74. The van der Waals surface area contributed by atoms with Crippen LogP contribution in [-0.2, 0) is 4.79 Å². The lowest BCUT2D eigenvalue weighted by molar-refractivity contribution is -0.121. The number of phenolic OH excluding ortho intramolecular Hbond substituents is 1. The Morgan fingerprint density at radius 3 is 2.67 bits per heavy atom. The van der Waals surface area contributed by atoms with Crippen LogP contribution in [0.15, 0.2) is 22.7 Å². The number of nitrogens with one attached hydrogen (secondary N) is 1. The van der Waals surface area contributed by atoms with Crippen LogP contribution in [0.1, 0.15) is 17.3 Å². The highest BCUT2D eigenvalue weighted by molar-refractivity contribution is 9.10. The average Bonchev–Trinajstić information content (AvgIpc) is 2.32. The van der Waals surface area contributed by atoms with Gasteiger partial charge in [-0.2, -0.15) is 0 Å². The molecule has 0 atom stereocenters. The summed E-state index contributed by atoms with van der Waals surface area (Å²) in [5.41, 5.74) is 0.336. The number of aromatic hydroxyl groups is 1. The molecule has 1 aromatic carbocycles. The first-order valence-corrected chi connectivity index (χ1v) is 6.25. The summed E-state index contributed by atoms with van der Waals surface area (Å²) in [7, 11) is 1.54. The molecule has 98 valence electrons. The SMILES string of the molecule is CCNC(=O)CN(C)C(=O)c1ccc(Br)c(O)c1. The summed E-state index contributed by atoms with van der Waals surface area (Å²) in [5.74, 6) is -0.536. The maximum absolute atomic E-state index is 12.0. The summed E-state index contributed by atoms with van der Waals surface area (Å²) in [4.78, 5) is 24.6. The Hall–Kier alpha value is -1.56. The summed E-state index contributed by atoms with van der Waals surface area (Å²) in [5, 5.41) is 12.1. The molecule has 18 heavy (non-hydrogen) atoms. The molecule has 0 unspecified atom stereocenters. The number of halogens is 1. The molecule has 0 saturated carbocycles. The van der Waals surface area contributed by atoms with E-state index in [1.54, 1.807) is 12.1 Å². The van der Waals surface area contributed by atoms with Crippen LogP contribution in [0.4, 0.5) is 0 Å². The van der Waals surface area contributed by atoms with E-state index in [0.29, 0.717) is 16.6 Å². The Kier molecular flexibility index (Phi) is 5.15. The van der Waals surface area contributed by atoms with E-state index in [0.717, 1.165) is 0 Å². The van der Waals surface area contributed by atoms with Crippen molar-refractivity contribution in [3.63, 3.8) is 0 Å². The van der Waals surface area contributed by atoms with Crippen molar-refractivity contribution in [3.8, 4) is 5.75 Å². The van der Waals surface area contributed by atoms with Gasteiger partial charge in [0, 0.05) is 19.2 Å². The van der Waals surface area contributed by atoms with Crippen LogP contribution in [0.2, 0.25) is 0 Å². The second-order valence-corrected chi connectivity index (χ2v) is 4.64. The summed E-state index contributed by atoms with van der Waals surface area (Å²) in [6.45, 7) is 2.33. The van der Waals surface area contributed by atoms with Crippen LogP contribution < -0.4 is 5.32 Å². The summed E-state index contributed by atoms with van der Waals surface area (Å²) in [6.07, 6.45) is 0. The van der Waals surface area contributed by atoms with E-state index in [1.807, 2.05) is 6.92 Å². The quantitative estimate of drug-likeness (QED) is 0.881. The molecule has 6 heteroatoms. The molecular weight excluding hydrogens is 300 g/mol. The number of carbonyl (C=O) groups excluding carboxylic acids is 2. The average molecular weight is 315 g/mol. The lowest BCUT2D eigenvalue weighted by Crippen LogP contribution is -2.38. The third kappa shape index (κ3) is 3.73. The van der Waals surface area contributed by atoms with E-state index in [2.05, 4.69) is 21.2 Å². The molecule has 0 radical (unpaired) electrons. The van der Waals surface area contributed by atoms with E-state index in [-0.39, 0.29) is 24.1 Å². The Bertz CT molecular complexity index is 463. The van der Waals surface area contributed by atoms with Crippen molar-refractivity contribution in [2.75, 3.05) is 20.1 Å². The molecule has 0 aliphatic heterocycles. The lowest BCUT2D eigenvalue weighted by atomic mass is 10.2. The zero-order chi connectivity index (χ0) is 13.7. The Morgan fingerprint density at radius 1 is 1.44 bits per heavy atom. The van der Waals surface area contributed by atoms with Gasteiger partial charge in [0.15, 0.2) is 0 Å². The normalized spacial score (nSPS) is 9.94. The van der Waals surface area contributed by atoms with Gasteiger partial charge >= 0.3 is 0 Å². The number of rotatable bonds is 4. The number of likely N-dealkylation sites (N-methyl/N-ethyl adjacent to an activating group) is 2. The molecule has 0 spiro atoms. The van der Waals surface area contributed by atoms with Gasteiger partial charge in [0.05, 0.1) is 11.0 Å². The van der Waals surface area contributed by atoms with Crippen LogP contribution in [0, 0.1) is 0 Å². The largest absolute Gasteiger partial charge is 0.507 e. The Morgan fingerprint density at radius 2 is 2.11 bits per heavy atom. The van der Waals surface area contributed by atoms with E-state index in [9.17, 15) is 14.7 Å². The number of hydrogen-bond donors (Lipinski definition) is 2. The molecular formula is C12H15BrN2O3. The zero-order valence-electron chi connectivity index (χ0n) is 10.2. The van der Waals surface area contributed by atoms with Crippen molar-refractivity contribution in [2.24, 2.45) is 0 Å². The Labute approximate surface area is 114 Å². The second kappa shape index (κ2) is 6.39. The van der Waals surface area contributed by atoms with Crippen molar-refractivity contribution in [2.45, 2.75) is 6.92 Å². The number of benzene rings is 1. The number of carbonyl (C=O) groups is 2. The minimum Gasteiger partial charge on any atom is -0.507 e. The predicted octanol–water partition coefficient (Wildman–Crippen LogP) is 1.36. The van der Waals surface area contributed by atoms with Gasteiger partial charge < -0.3 is 15.3 Å². The van der Waals surface area contributed by atoms with Gasteiger partial charge in [-0.15, -0.1) is 0 Å². The van der Waals surface area contributed by atoms with Crippen LogP contribution in [0.5, 0.6) is 5.75 Å². The fraction of sp³-hybridized carbons (Fsp3) is 0.333. The first-order valence-electron chi connectivity index (χ1n) is 5.46. The minimum atomic E-state index is -0.316. The molecule has 0 heterocycles. The summed E-state index contributed by atoms with van der Waals surface area (Å²) >= 11 is 3.14. The third-order valence-corrected chi connectivity index (χ3v) is 2.97. The molecule has 0 aliphatic rings. The maximum Gasteiger partial charge on any atom is 0.254 e. The first kappa shape index (κ1) is 14.5. The highest BCUT2D eigenvalue weighted by atomic mass is 79.9. The van der Waals surface area contributed by atoms with Gasteiger partial charge in [-0.25, -0.2) is 0 Å². The van der Waals surface area contributed by atoms with Crippen LogP contribution in [0.3, 0.4) is 0 Å². The van der Waals surface area contributed by atoms with Gasteiger partial charge in [0.1, 0.15) is 5.75 Å².